The number of methoxy groups -OCH3 is 1. The minimum atomic E-state index is -2.04. The maximum atomic E-state index is 12.5. The Labute approximate surface area is 148 Å². The lowest BCUT2D eigenvalue weighted by atomic mass is 9.88. The van der Waals surface area contributed by atoms with Gasteiger partial charge in [0.15, 0.2) is 11.4 Å². The Morgan fingerprint density at radius 1 is 1.29 bits per heavy atom. The van der Waals surface area contributed by atoms with Crippen LogP contribution in [0.15, 0.2) is 36.4 Å². The van der Waals surface area contributed by atoms with Crippen molar-refractivity contribution in [2.45, 2.75) is 12.0 Å². The summed E-state index contributed by atoms with van der Waals surface area (Å²) in [7, 11) is 1.49. The molecule has 0 radical (unpaired) electrons. The topological polar surface area (TPSA) is 75.6 Å². The molecule has 0 saturated heterocycles. The number of aliphatic hydroxyl groups is 1. The van der Waals surface area contributed by atoms with Gasteiger partial charge in [0, 0.05) is 16.1 Å². The molecule has 24 heavy (non-hydrogen) atoms. The van der Waals surface area contributed by atoms with Gasteiger partial charge in [-0.25, -0.2) is 0 Å². The lowest BCUT2D eigenvalue weighted by Crippen LogP contribution is -2.36. The van der Waals surface area contributed by atoms with E-state index < -0.39 is 23.7 Å². The summed E-state index contributed by atoms with van der Waals surface area (Å²) in [6.07, 6.45) is -0.444. The minimum absolute atomic E-state index is 0.122. The number of hydrogen-bond acceptors (Lipinski definition) is 4. The summed E-state index contributed by atoms with van der Waals surface area (Å²) in [5.41, 5.74) is -1.25. The number of hydrogen-bond donors (Lipinski definition) is 2. The van der Waals surface area contributed by atoms with E-state index in [1.54, 1.807) is 24.3 Å². The Hall–Kier alpha value is -2.08. The number of carbonyl (C=O) groups excluding carboxylic acids is 2. The van der Waals surface area contributed by atoms with Gasteiger partial charge < -0.3 is 15.2 Å². The lowest BCUT2D eigenvalue weighted by Gasteiger charge is -2.21. The van der Waals surface area contributed by atoms with Crippen molar-refractivity contribution in [3.8, 4) is 5.75 Å². The van der Waals surface area contributed by atoms with Gasteiger partial charge in [0.05, 0.1) is 24.2 Å². The summed E-state index contributed by atoms with van der Waals surface area (Å²) in [4.78, 5) is 24.8. The van der Waals surface area contributed by atoms with Crippen LogP contribution in [0.25, 0.3) is 0 Å². The number of ether oxygens (including phenoxy) is 1. The van der Waals surface area contributed by atoms with E-state index in [1.165, 1.54) is 19.2 Å². The number of halogens is 2. The largest absolute Gasteiger partial charge is 0.497 e. The number of ketones is 1. The quantitative estimate of drug-likeness (QED) is 0.814. The molecular weight excluding hydrogens is 353 g/mol. The third kappa shape index (κ3) is 2.75. The van der Waals surface area contributed by atoms with Gasteiger partial charge in [-0.15, -0.1) is 0 Å². The monoisotopic (exact) mass is 365 g/mol. The summed E-state index contributed by atoms with van der Waals surface area (Å²) in [6.45, 7) is 0. The van der Waals surface area contributed by atoms with Crippen LogP contribution in [0.2, 0.25) is 10.0 Å². The normalized spacial score (nSPS) is 18.9. The highest BCUT2D eigenvalue weighted by Crippen LogP contribution is 2.44. The van der Waals surface area contributed by atoms with Crippen LogP contribution in [0, 0.1) is 0 Å². The lowest BCUT2D eigenvalue weighted by molar-refractivity contribution is -0.133. The number of carbonyl (C=O) groups is 2. The number of anilines is 1. The first-order chi connectivity index (χ1) is 11.3. The van der Waals surface area contributed by atoms with Crippen LogP contribution in [0.1, 0.15) is 22.3 Å². The molecule has 5 nitrogen and oxygen atoms in total. The number of fused-ring (bicyclic) bond motifs is 1. The molecule has 1 aliphatic heterocycles. The van der Waals surface area contributed by atoms with Crippen LogP contribution in [0.4, 0.5) is 5.69 Å². The van der Waals surface area contributed by atoms with Gasteiger partial charge >= 0.3 is 0 Å². The molecule has 0 saturated carbocycles. The molecule has 2 N–H and O–H groups in total. The highest BCUT2D eigenvalue weighted by atomic mass is 35.5. The molecular formula is C17H13Cl2NO4. The molecule has 0 aliphatic carbocycles. The zero-order valence-electron chi connectivity index (χ0n) is 12.6. The summed E-state index contributed by atoms with van der Waals surface area (Å²) in [6, 6.07) is 9.39. The molecule has 1 heterocycles. The first-order valence-electron chi connectivity index (χ1n) is 7.06. The van der Waals surface area contributed by atoms with E-state index in [0.29, 0.717) is 22.0 Å². The van der Waals surface area contributed by atoms with E-state index in [9.17, 15) is 14.7 Å². The molecule has 0 fully saturated rings. The molecule has 124 valence electrons. The molecule has 1 atom stereocenters. The van der Waals surface area contributed by atoms with Crippen LogP contribution in [0.3, 0.4) is 0 Å². The highest BCUT2D eigenvalue weighted by Gasteiger charge is 2.48. The van der Waals surface area contributed by atoms with Gasteiger partial charge in [-0.1, -0.05) is 35.3 Å². The zero-order valence-corrected chi connectivity index (χ0v) is 14.1. The second-order valence-corrected chi connectivity index (χ2v) is 6.30. The molecule has 2 aromatic carbocycles. The molecule has 7 heteroatoms. The third-order valence-electron chi connectivity index (χ3n) is 3.90. The van der Waals surface area contributed by atoms with E-state index in [1.807, 2.05) is 0 Å². The Balaban J connectivity index is 1.98. The van der Waals surface area contributed by atoms with Gasteiger partial charge in [-0.3, -0.25) is 9.59 Å². The predicted octanol–water partition coefficient (Wildman–Crippen LogP) is 3.41. The van der Waals surface area contributed by atoms with E-state index in [0.717, 1.165) is 0 Å². The Morgan fingerprint density at radius 3 is 2.75 bits per heavy atom. The fourth-order valence-electron chi connectivity index (χ4n) is 2.73. The number of nitrogens with one attached hydrogen (secondary N) is 1. The van der Waals surface area contributed by atoms with Crippen molar-refractivity contribution >= 4 is 40.6 Å². The first-order valence-corrected chi connectivity index (χ1v) is 7.81. The van der Waals surface area contributed by atoms with Crippen molar-refractivity contribution in [2.75, 3.05) is 12.4 Å². The summed E-state index contributed by atoms with van der Waals surface area (Å²) >= 11 is 12.0. The maximum Gasteiger partial charge on any atom is 0.261 e. The van der Waals surface area contributed by atoms with Crippen molar-refractivity contribution in [3.63, 3.8) is 0 Å². The smallest absolute Gasteiger partial charge is 0.261 e. The van der Waals surface area contributed by atoms with Crippen LogP contribution < -0.4 is 10.1 Å². The molecule has 0 bridgehead atoms. The predicted molar refractivity (Wildman–Crippen MR) is 90.9 cm³/mol. The van der Waals surface area contributed by atoms with E-state index in [2.05, 4.69) is 5.32 Å². The number of benzene rings is 2. The standard InChI is InChI=1S/C17H13Cl2NO4/c1-24-11-4-2-3-9(5-11)14(21)8-17(23)15-12(19)6-10(18)7-13(15)20-16(17)22/h2-7,23H,8H2,1H3,(H,20,22)/t17-/m1/s1. The highest BCUT2D eigenvalue weighted by molar-refractivity contribution is 6.36. The maximum absolute atomic E-state index is 12.5. The second-order valence-electron chi connectivity index (χ2n) is 5.46. The first kappa shape index (κ1) is 16.8. The molecule has 0 spiro atoms. The Morgan fingerprint density at radius 2 is 2.04 bits per heavy atom. The summed E-state index contributed by atoms with van der Waals surface area (Å²) in [5, 5.41) is 13.8. The van der Waals surface area contributed by atoms with Crippen LogP contribution in [-0.4, -0.2) is 23.9 Å². The van der Waals surface area contributed by atoms with Gasteiger partial charge in [0.25, 0.3) is 5.91 Å². The SMILES string of the molecule is COc1cccc(C(=O)C[C@]2(O)C(=O)Nc3cc(Cl)cc(Cl)c32)c1. The molecule has 2 aromatic rings. The van der Waals surface area contributed by atoms with E-state index in [-0.39, 0.29) is 10.6 Å². The van der Waals surface area contributed by atoms with Crippen molar-refractivity contribution < 1.29 is 19.4 Å². The average Bonchev–Trinajstić information content (AvgIpc) is 2.77. The summed E-state index contributed by atoms with van der Waals surface area (Å²) < 4.78 is 5.08. The van der Waals surface area contributed by atoms with E-state index >= 15 is 0 Å². The van der Waals surface area contributed by atoms with Crippen LogP contribution >= 0.6 is 23.2 Å². The summed E-state index contributed by atoms with van der Waals surface area (Å²) in [5.74, 6) is -0.614. The van der Waals surface area contributed by atoms with E-state index in [4.69, 9.17) is 27.9 Å². The Kier molecular flexibility index (Phi) is 4.25. The van der Waals surface area contributed by atoms with Crippen molar-refractivity contribution in [2.24, 2.45) is 0 Å². The average molecular weight is 366 g/mol. The number of amides is 1. The van der Waals surface area contributed by atoms with Gasteiger partial charge in [0.1, 0.15) is 5.75 Å². The fraction of sp³-hybridized carbons (Fsp3) is 0.176. The van der Waals surface area contributed by atoms with Crippen molar-refractivity contribution in [1.29, 1.82) is 0 Å². The van der Waals surface area contributed by atoms with Gasteiger partial charge in [0.2, 0.25) is 0 Å². The number of rotatable bonds is 4. The number of Topliss-reactive ketones (excluding diaryl/α,β-unsaturated/α-hetero) is 1. The van der Waals surface area contributed by atoms with Crippen molar-refractivity contribution in [1.82, 2.24) is 0 Å². The molecule has 0 aromatic heterocycles. The van der Waals surface area contributed by atoms with Gasteiger partial charge in [-0.2, -0.15) is 0 Å². The van der Waals surface area contributed by atoms with Crippen LogP contribution in [0.5, 0.6) is 5.75 Å². The minimum Gasteiger partial charge on any atom is -0.497 e. The van der Waals surface area contributed by atoms with Crippen LogP contribution in [-0.2, 0) is 10.4 Å². The van der Waals surface area contributed by atoms with Gasteiger partial charge in [-0.05, 0) is 24.3 Å². The zero-order chi connectivity index (χ0) is 17.5. The molecule has 1 aliphatic rings. The second kappa shape index (κ2) is 6.09. The van der Waals surface area contributed by atoms with Crippen molar-refractivity contribution in [3.05, 3.63) is 57.6 Å². The fourth-order valence-corrected chi connectivity index (χ4v) is 3.38. The molecule has 1 amide bonds. The third-order valence-corrected chi connectivity index (χ3v) is 4.42. The molecule has 3 rings (SSSR count). The Bertz CT molecular complexity index is 852. The molecule has 0 unspecified atom stereocenters.